The highest BCUT2D eigenvalue weighted by Crippen LogP contribution is 2.31. The second-order valence-electron chi connectivity index (χ2n) is 2.81. The minimum atomic E-state index is -0.651. The van der Waals surface area contributed by atoms with E-state index in [0.717, 1.165) is 0 Å². The van der Waals surface area contributed by atoms with Gasteiger partial charge in [-0.05, 0) is 28.4 Å². The van der Waals surface area contributed by atoms with Crippen LogP contribution in [0, 0.1) is 5.82 Å². The van der Waals surface area contributed by atoms with Gasteiger partial charge < -0.3 is 10.8 Å². The molecule has 1 unspecified atom stereocenters. The third-order valence-electron chi connectivity index (χ3n) is 1.94. The van der Waals surface area contributed by atoms with Crippen LogP contribution in [0.25, 0.3) is 0 Å². The van der Waals surface area contributed by atoms with E-state index in [2.05, 4.69) is 15.9 Å². The maximum absolute atomic E-state index is 13.1. The number of hydrogen-bond donors (Lipinski definition) is 2. The molecule has 0 aliphatic carbocycles. The van der Waals surface area contributed by atoms with Gasteiger partial charge in [0, 0.05) is 11.6 Å². The zero-order chi connectivity index (χ0) is 10.0. The normalized spacial score (nSPS) is 12.9. The van der Waals surface area contributed by atoms with Crippen LogP contribution in [0.4, 0.5) is 4.39 Å². The highest BCUT2D eigenvalue weighted by molar-refractivity contribution is 9.10. The maximum atomic E-state index is 13.1. The zero-order valence-electron chi connectivity index (χ0n) is 7.22. The van der Waals surface area contributed by atoms with Gasteiger partial charge in [0.2, 0.25) is 0 Å². The minimum Gasteiger partial charge on any atom is -0.505 e. The molecule has 0 saturated heterocycles. The van der Waals surface area contributed by atoms with E-state index in [-0.39, 0.29) is 16.3 Å². The SMILES string of the molecule is CCC(N)c1ccc(Br)c(F)c1O. The lowest BCUT2D eigenvalue weighted by Crippen LogP contribution is -2.09. The Kier molecular flexibility index (Phi) is 3.27. The van der Waals surface area contributed by atoms with Gasteiger partial charge in [-0.15, -0.1) is 0 Å². The van der Waals surface area contributed by atoms with Crippen molar-refractivity contribution in [2.45, 2.75) is 19.4 Å². The molecular formula is C9H11BrFNO. The van der Waals surface area contributed by atoms with E-state index in [4.69, 9.17) is 5.73 Å². The van der Waals surface area contributed by atoms with Crippen molar-refractivity contribution in [3.63, 3.8) is 0 Å². The molecule has 1 aromatic rings. The molecule has 1 atom stereocenters. The molecule has 72 valence electrons. The minimum absolute atomic E-state index is 0.247. The number of hydrogen-bond acceptors (Lipinski definition) is 2. The first-order valence-corrected chi connectivity index (χ1v) is 4.79. The number of aromatic hydroxyl groups is 1. The van der Waals surface area contributed by atoms with Crippen LogP contribution in [-0.4, -0.2) is 5.11 Å². The van der Waals surface area contributed by atoms with Crippen LogP contribution in [0.1, 0.15) is 24.9 Å². The van der Waals surface area contributed by atoms with Gasteiger partial charge in [-0.2, -0.15) is 0 Å². The summed E-state index contributed by atoms with van der Waals surface area (Å²) in [6, 6.07) is 2.85. The van der Waals surface area contributed by atoms with E-state index < -0.39 is 5.82 Å². The van der Waals surface area contributed by atoms with Crippen LogP contribution in [0.2, 0.25) is 0 Å². The van der Waals surface area contributed by atoms with Crippen molar-refractivity contribution in [2.75, 3.05) is 0 Å². The molecule has 13 heavy (non-hydrogen) atoms. The molecule has 0 aliphatic heterocycles. The average molecular weight is 248 g/mol. The van der Waals surface area contributed by atoms with Crippen molar-refractivity contribution in [1.29, 1.82) is 0 Å². The van der Waals surface area contributed by atoms with E-state index >= 15 is 0 Å². The Morgan fingerprint density at radius 2 is 2.23 bits per heavy atom. The first-order chi connectivity index (χ1) is 6.07. The fourth-order valence-electron chi connectivity index (χ4n) is 1.07. The van der Waals surface area contributed by atoms with Crippen LogP contribution < -0.4 is 5.73 Å². The van der Waals surface area contributed by atoms with Gasteiger partial charge in [-0.3, -0.25) is 0 Å². The van der Waals surface area contributed by atoms with Crippen LogP contribution in [0.5, 0.6) is 5.75 Å². The molecule has 0 spiro atoms. The molecule has 0 bridgehead atoms. The lowest BCUT2D eigenvalue weighted by Gasteiger charge is -2.11. The second-order valence-corrected chi connectivity index (χ2v) is 3.67. The second kappa shape index (κ2) is 4.07. The fraction of sp³-hybridized carbons (Fsp3) is 0.333. The van der Waals surface area contributed by atoms with Crippen molar-refractivity contribution >= 4 is 15.9 Å². The van der Waals surface area contributed by atoms with Crippen molar-refractivity contribution in [1.82, 2.24) is 0 Å². The molecule has 1 rings (SSSR count). The summed E-state index contributed by atoms with van der Waals surface area (Å²) in [7, 11) is 0. The highest BCUT2D eigenvalue weighted by Gasteiger charge is 2.14. The molecule has 0 amide bonds. The Morgan fingerprint density at radius 1 is 1.62 bits per heavy atom. The smallest absolute Gasteiger partial charge is 0.179 e. The summed E-state index contributed by atoms with van der Waals surface area (Å²) >= 11 is 2.98. The zero-order valence-corrected chi connectivity index (χ0v) is 8.81. The molecule has 0 radical (unpaired) electrons. The summed E-state index contributed by atoms with van der Waals surface area (Å²) in [6.45, 7) is 1.88. The van der Waals surface area contributed by atoms with Crippen molar-refractivity contribution in [2.24, 2.45) is 5.73 Å². The molecule has 0 saturated carbocycles. The van der Waals surface area contributed by atoms with Crippen LogP contribution >= 0.6 is 15.9 Å². The van der Waals surface area contributed by atoms with Crippen LogP contribution in [-0.2, 0) is 0 Å². The van der Waals surface area contributed by atoms with E-state index in [1.807, 2.05) is 6.92 Å². The van der Waals surface area contributed by atoms with Gasteiger partial charge in [0.25, 0.3) is 0 Å². The van der Waals surface area contributed by atoms with Gasteiger partial charge in [0.05, 0.1) is 4.47 Å². The monoisotopic (exact) mass is 247 g/mol. The Balaban J connectivity index is 3.18. The maximum Gasteiger partial charge on any atom is 0.179 e. The number of phenolic OH excluding ortho intramolecular Hbond substituents is 1. The van der Waals surface area contributed by atoms with Crippen LogP contribution in [0.15, 0.2) is 16.6 Å². The highest BCUT2D eigenvalue weighted by atomic mass is 79.9. The van der Waals surface area contributed by atoms with E-state index in [1.165, 1.54) is 0 Å². The third-order valence-corrected chi connectivity index (χ3v) is 2.55. The largest absolute Gasteiger partial charge is 0.505 e. The van der Waals surface area contributed by atoms with Crippen molar-refractivity contribution in [3.05, 3.63) is 28.0 Å². The summed E-state index contributed by atoms with van der Waals surface area (Å²) in [5.74, 6) is -1.01. The molecule has 4 heteroatoms. The molecule has 0 heterocycles. The van der Waals surface area contributed by atoms with Gasteiger partial charge in [-0.1, -0.05) is 13.0 Å². The molecule has 1 aromatic carbocycles. The molecule has 3 N–H and O–H groups in total. The summed E-state index contributed by atoms with van der Waals surface area (Å²) in [5.41, 5.74) is 6.12. The van der Waals surface area contributed by atoms with E-state index in [0.29, 0.717) is 12.0 Å². The summed E-state index contributed by atoms with van der Waals surface area (Å²) in [6.07, 6.45) is 0.661. The topological polar surface area (TPSA) is 46.2 Å². The fourth-order valence-corrected chi connectivity index (χ4v) is 1.39. The van der Waals surface area contributed by atoms with Gasteiger partial charge >= 0.3 is 0 Å². The first-order valence-electron chi connectivity index (χ1n) is 4.00. The Hall–Kier alpha value is -0.610. The van der Waals surface area contributed by atoms with E-state index in [1.54, 1.807) is 12.1 Å². The Morgan fingerprint density at radius 3 is 2.77 bits per heavy atom. The predicted octanol–water partition coefficient (Wildman–Crippen LogP) is 2.70. The number of halogens is 2. The molecule has 2 nitrogen and oxygen atoms in total. The molecule has 0 fully saturated rings. The third kappa shape index (κ3) is 2.00. The first kappa shape index (κ1) is 10.5. The number of benzene rings is 1. The van der Waals surface area contributed by atoms with E-state index in [9.17, 15) is 9.50 Å². The van der Waals surface area contributed by atoms with Gasteiger partial charge in [-0.25, -0.2) is 4.39 Å². The number of rotatable bonds is 2. The molecular weight excluding hydrogens is 237 g/mol. The number of phenols is 1. The van der Waals surface area contributed by atoms with Crippen LogP contribution in [0.3, 0.4) is 0 Å². The van der Waals surface area contributed by atoms with Crippen molar-refractivity contribution < 1.29 is 9.50 Å². The lowest BCUT2D eigenvalue weighted by atomic mass is 10.0. The molecule has 0 aromatic heterocycles. The summed E-state index contributed by atoms with van der Waals surface area (Å²) < 4.78 is 13.4. The quantitative estimate of drug-likeness (QED) is 0.845. The summed E-state index contributed by atoms with van der Waals surface area (Å²) in [4.78, 5) is 0. The van der Waals surface area contributed by atoms with Gasteiger partial charge in [0.15, 0.2) is 11.6 Å². The lowest BCUT2D eigenvalue weighted by molar-refractivity contribution is 0.418. The Bertz CT molecular complexity index is 317. The van der Waals surface area contributed by atoms with Crippen molar-refractivity contribution in [3.8, 4) is 5.75 Å². The Labute approximate surface area is 84.7 Å². The standard InChI is InChI=1S/C9H11BrFNO/c1-2-7(12)5-3-4-6(10)8(11)9(5)13/h3-4,7,13H,2,12H2,1H3. The van der Waals surface area contributed by atoms with Gasteiger partial charge in [0.1, 0.15) is 0 Å². The average Bonchev–Trinajstić information content (AvgIpc) is 2.13. The molecule has 0 aliphatic rings. The predicted molar refractivity (Wildman–Crippen MR) is 53.0 cm³/mol. The number of nitrogens with two attached hydrogens (primary N) is 1. The summed E-state index contributed by atoms with van der Waals surface area (Å²) in [5, 5.41) is 9.39.